The van der Waals surface area contributed by atoms with Crippen LogP contribution in [0.1, 0.15) is 28.8 Å². The molecular formula is C19H22N2O5S. The maximum absolute atomic E-state index is 12.5. The normalized spacial score (nSPS) is 17.0. The van der Waals surface area contributed by atoms with E-state index in [9.17, 15) is 18.3 Å². The topological polar surface area (TPSA) is 105 Å². The molecule has 1 fully saturated rings. The number of sulfonamides is 1. The van der Waals surface area contributed by atoms with Crippen molar-refractivity contribution in [1.29, 1.82) is 0 Å². The Morgan fingerprint density at radius 2 is 1.96 bits per heavy atom. The first kappa shape index (κ1) is 19.3. The average Bonchev–Trinajstić information content (AvgIpc) is 3.19. The summed E-state index contributed by atoms with van der Waals surface area (Å²) in [5.41, 5.74) is 1.26. The predicted octanol–water partition coefficient (Wildman–Crippen LogP) is 2.45. The molecule has 3 N–H and O–H groups in total. The van der Waals surface area contributed by atoms with Gasteiger partial charge in [-0.3, -0.25) is 0 Å². The molecule has 27 heavy (non-hydrogen) atoms. The lowest BCUT2D eigenvalue weighted by atomic mass is 10.1. The van der Waals surface area contributed by atoms with Crippen LogP contribution in [0, 0.1) is 0 Å². The van der Waals surface area contributed by atoms with Gasteiger partial charge in [0.25, 0.3) is 0 Å². The molecule has 0 aromatic heterocycles. The Morgan fingerprint density at radius 3 is 2.63 bits per heavy atom. The number of ether oxygens (including phenoxy) is 1. The summed E-state index contributed by atoms with van der Waals surface area (Å²) in [5, 5.41) is 12.5. The second kappa shape index (κ2) is 8.51. The van der Waals surface area contributed by atoms with E-state index in [1.807, 2.05) is 30.3 Å². The van der Waals surface area contributed by atoms with E-state index in [0.717, 1.165) is 18.4 Å². The van der Waals surface area contributed by atoms with Crippen LogP contribution < -0.4 is 10.0 Å². The molecule has 0 bridgehead atoms. The molecule has 0 saturated carbocycles. The third kappa shape index (κ3) is 5.06. The molecule has 144 valence electrons. The van der Waals surface area contributed by atoms with Crippen molar-refractivity contribution in [2.24, 2.45) is 0 Å². The van der Waals surface area contributed by atoms with Crippen LogP contribution >= 0.6 is 0 Å². The van der Waals surface area contributed by atoms with E-state index in [1.165, 1.54) is 18.2 Å². The molecule has 0 unspecified atom stereocenters. The maximum atomic E-state index is 12.5. The minimum Gasteiger partial charge on any atom is -0.478 e. The monoisotopic (exact) mass is 390 g/mol. The standard InChI is InChI=1S/C19H22N2O5S/c22-19(23)17-11-16(27(24,25)21-13-15-7-4-10-26-15)8-9-18(17)20-12-14-5-2-1-3-6-14/h1-3,5-6,8-9,11,15,20-21H,4,7,10,12-13H2,(H,22,23)/t15-/m1/s1. The summed E-state index contributed by atoms with van der Waals surface area (Å²) in [4.78, 5) is 11.5. The van der Waals surface area contributed by atoms with Gasteiger partial charge in [-0.15, -0.1) is 0 Å². The Kier molecular flexibility index (Phi) is 6.10. The predicted molar refractivity (Wildman–Crippen MR) is 101 cm³/mol. The molecule has 7 nitrogen and oxygen atoms in total. The number of aromatic carboxylic acids is 1. The number of anilines is 1. The number of carboxylic acid groups (broad SMARTS) is 1. The maximum Gasteiger partial charge on any atom is 0.337 e. The van der Waals surface area contributed by atoms with Gasteiger partial charge in [-0.05, 0) is 36.6 Å². The molecule has 1 saturated heterocycles. The van der Waals surface area contributed by atoms with Crippen LogP contribution in [0.15, 0.2) is 53.4 Å². The van der Waals surface area contributed by atoms with E-state index in [-0.39, 0.29) is 23.1 Å². The van der Waals surface area contributed by atoms with Crippen LogP contribution in [0.2, 0.25) is 0 Å². The molecule has 0 spiro atoms. The Balaban J connectivity index is 1.74. The molecule has 1 aliphatic rings. The molecule has 2 aromatic rings. The largest absolute Gasteiger partial charge is 0.478 e. The number of benzene rings is 2. The first-order chi connectivity index (χ1) is 13.0. The van der Waals surface area contributed by atoms with Gasteiger partial charge in [0, 0.05) is 25.4 Å². The molecule has 8 heteroatoms. The summed E-state index contributed by atoms with van der Waals surface area (Å²) >= 11 is 0. The van der Waals surface area contributed by atoms with Crippen molar-refractivity contribution in [3.8, 4) is 0 Å². The van der Waals surface area contributed by atoms with E-state index in [0.29, 0.717) is 18.8 Å². The smallest absolute Gasteiger partial charge is 0.337 e. The van der Waals surface area contributed by atoms with Crippen LogP contribution in [-0.2, 0) is 21.3 Å². The number of rotatable bonds is 8. The van der Waals surface area contributed by atoms with Crippen LogP contribution in [0.25, 0.3) is 0 Å². The van der Waals surface area contributed by atoms with Crippen LogP contribution in [0.5, 0.6) is 0 Å². The van der Waals surface area contributed by atoms with Gasteiger partial charge in [0.15, 0.2) is 0 Å². The third-order valence-corrected chi connectivity index (χ3v) is 5.80. The second-order valence-corrected chi connectivity index (χ2v) is 8.11. The SMILES string of the molecule is O=C(O)c1cc(S(=O)(=O)NC[C@H]2CCCO2)ccc1NCc1ccccc1. The Morgan fingerprint density at radius 1 is 1.19 bits per heavy atom. The fourth-order valence-electron chi connectivity index (χ4n) is 2.91. The fourth-order valence-corrected chi connectivity index (χ4v) is 4.00. The van der Waals surface area contributed by atoms with E-state index >= 15 is 0 Å². The van der Waals surface area contributed by atoms with E-state index in [4.69, 9.17) is 4.74 Å². The highest BCUT2D eigenvalue weighted by molar-refractivity contribution is 7.89. The van der Waals surface area contributed by atoms with Crippen molar-refractivity contribution in [2.45, 2.75) is 30.4 Å². The highest BCUT2D eigenvalue weighted by Gasteiger charge is 2.22. The van der Waals surface area contributed by atoms with Gasteiger partial charge in [-0.1, -0.05) is 30.3 Å². The second-order valence-electron chi connectivity index (χ2n) is 6.34. The van der Waals surface area contributed by atoms with E-state index in [1.54, 1.807) is 0 Å². The molecule has 0 radical (unpaired) electrons. The first-order valence-electron chi connectivity index (χ1n) is 8.72. The molecule has 0 amide bonds. The van der Waals surface area contributed by atoms with E-state index < -0.39 is 16.0 Å². The van der Waals surface area contributed by atoms with Crippen molar-refractivity contribution in [2.75, 3.05) is 18.5 Å². The Bertz CT molecular complexity index is 894. The van der Waals surface area contributed by atoms with Gasteiger partial charge in [-0.2, -0.15) is 0 Å². The first-order valence-corrected chi connectivity index (χ1v) is 10.2. The lowest BCUT2D eigenvalue weighted by Gasteiger charge is -2.14. The summed E-state index contributed by atoms with van der Waals surface area (Å²) in [5.74, 6) is -1.19. The van der Waals surface area contributed by atoms with Crippen LogP contribution in [-0.4, -0.2) is 38.7 Å². The minimum absolute atomic E-state index is 0.0804. The fraction of sp³-hybridized carbons (Fsp3) is 0.316. The van der Waals surface area contributed by atoms with Gasteiger partial charge in [0.05, 0.1) is 16.6 Å². The van der Waals surface area contributed by atoms with Crippen LogP contribution in [0.3, 0.4) is 0 Å². The molecule has 2 aromatic carbocycles. The number of hydrogen-bond acceptors (Lipinski definition) is 5. The van der Waals surface area contributed by atoms with Gasteiger partial charge >= 0.3 is 5.97 Å². The summed E-state index contributed by atoms with van der Waals surface area (Å²) in [6, 6.07) is 13.6. The Hall–Kier alpha value is -2.42. The zero-order chi connectivity index (χ0) is 19.3. The summed E-state index contributed by atoms with van der Waals surface area (Å²) in [6.45, 7) is 1.25. The Labute approximate surface area is 158 Å². The van der Waals surface area contributed by atoms with Crippen molar-refractivity contribution in [3.05, 3.63) is 59.7 Å². The van der Waals surface area contributed by atoms with Gasteiger partial charge in [0.2, 0.25) is 10.0 Å². The average molecular weight is 390 g/mol. The summed E-state index contributed by atoms with van der Waals surface area (Å²) in [7, 11) is -3.81. The van der Waals surface area contributed by atoms with Gasteiger partial charge in [-0.25, -0.2) is 17.9 Å². The molecule has 1 atom stereocenters. The zero-order valence-electron chi connectivity index (χ0n) is 14.7. The van der Waals surface area contributed by atoms with E-state index in [2.05, 4.69) is 10.0 Å². The molecule has 3 rings (SSSR count). The number of carboxylic acids is 1. The summed E-state index contributed by atoms with van der Waals surface area (Å²) < 4.78 is 32.9. The molecule has 1 heterocycles. The summed E-state index contributed by atoms with van der Waals surface area (Å²) in [6.07, 6.45) is 1.59. The van der Waals surface area contributed by atoms with Crippen molar-refractivity contribution in [1.82, 2.24) is 4.72 Å². The lowest BCUT2D eigenvalue weighted by Crippen LogP contribution is -2.32. The minimum atomic E-state index is -3.81. The highest BCUT2D eigenvalue weighted by atomic mass is 32.2. The van der Waals surface area contributed by atoms with Crippen LogP contribution in [0.4, 0.5) is 5.69 Å². The van der Waals surface area contributed by atoms with Crippen molar-refractivity contribution in [3.63, 3.8) is 0 Å². The quantitative estimate of drug-likeness (QED) is 0.640. The number of nitrogens with one attached hydrogen (secondary N) is 2. The van der Waals surface area contributed by atoms with Gasteiger partial charge < -0.3 is 15.2 Å². The molecule has 1 aliphatic heterocycles. The van der Waals surface area contributed by atoms with Gasteiger partial charge in [0.1, 0.15) is 0 Å². The third-order valence-electron chi connectivity index (χ3n) is 4.38. The zero-order valence-corrected chi connectivity index (χ0v) is 15.5. The van der Waals surface area contributed by atoms with Crippen molar-refractivity contribution < 1.29 is 23.1 Å². The molecule has 0 aliphatic carbocycles. The molecular weight excluding hydrogens is 368 g/mol. The highest BCUT2D eigenvalue weighted by Crippen LogP contribution is 2.22. The number of hydrogen-bond donors (Lipinski definition) is 3. The lowest BCUT2D eigenvalue weighted by molar-refractivity contribution is 0.0697. The number of carbonyl (C=O) groups is 1. The van der Waals surface area contributed by atoms with Crippen molar-refractivity contribution >= 4 is 21.7 Å².